The molecule has 0 atom stereocenters. The van der Waals surface area contributed by atoms with Crippen molar-refractivity contribution >= 4 is 56.3 Å². The van der Waals surface area contributed by atoms with Crippen LogP contribution in [0.1, 0.15) is 0 Å². The lowest BCUT2D eigenvalue weighted by atomic mass is 10.2. The first-order valence-electron chi connectivity index (χ1n) is 9.44. The molecule has 1 N–H and O–H groups in total. The van der Waals surface area contributed by atoms with E-state index in [-0.39, 0.29) is 30.5 Å². The molecule has 1 aliphatic heterocycles. The lowest BCUT2D eigenvalue weighted by Gasteiger charge is -2.29. The molecule has 0 radical (unpaired) electrons. The maximum Gasteiger partial charge on any atom is 0.271 e. The summed E-state index contributed by atoms with van der Waals surface area (Å²) in [5.74, 6) is -0.640. The van der Waals surface area contributed by atoms with E-state index in [0.29, 0.717) is 26.6 Å². The molecule has 0 unspecified atom stereocenters. The number of anilines is 2. The summed E-state index contributed by atoms with van der Waals surface area (Å²) in [6.45, 7) is -0.308. The molecule has 0 saturated heterocycles. The number of fused-ring (bicyclic) bond motifs is 2. The Kier molecular flexibility index (Phi) is 4.80. The van der Waals surface area contributed by atoms with Gasteiger partial charge in [-0.3, -0.25) is 23.9 Å². The van der Waals surface area contributed by atoms with Crippen molar-refractivity contribution in [3.63, 3.8) is 0 Å². The zero-order valence-corrected chi connectivity index (χ0v) is 17.6. The highest BCUT2D eigenvalue weighted by atomic mass is 35.5. The molecule has 0 fully saturated rings. The maximum atomic E-state index is 13.0. The summed E-state index contributed by atoms with van der Waals surface area (Å²) in [7, 11) is 0. The molecule has 3 heterocycles. The van der Waals surface area contributed by atoms with Gasteiger partial charge in [-0.25, -0.2) is 4.98 Å². The van der Waals surface area contributed by atoms with E-state index in [0.717, 1.165) is 10.4 Å². The molecule has 31 heavy (non-hydrogen) atoms. The Labute approximate surface area is 185 Å². The van der Waals surface area contributed by atoms with E-state index in [2.05, 4.69) is 10.3 Å². The van der Waals surface area contributed by atoms with E-state index in [4.69, 9.17) is 11.6 Å². The number of thiophene rings is 1. The topological polar surface area (TPSA) is 84.3 Å². The van der Waals surface area contributed by atoms with Crippen LogP contribution in [0.3, 0.4) is 0 Å². The van der Waals surface area contributed by atoms with Crippen LogP contribution in [0.5, 0.6) is 0 Å². The number of nitrogens with zero attached hydrogens (tertiary/aromatic N) is 3. The van der Waals surface area contributed by atoms with E-state index >= 15 is 0 Å². The first kappa shape index (κ1) is 19.5. The molecule has 5 rings (SSSR count). The monoisotopic (exact) mass is 450 g/mol. The average molecular weight is 451 g/mol. The predicted octanol–water partition coefficient (Wildman–Crippen LogP) is 3.76. The molecule has 154 valence electrons. The molecule has 0 aliphatic carbocycles. The van der Waals surface area contributed by atoms with Crippen molar-refractivity contribution in [1.82, 2.24) is 9.55 Å². The number of hydrogen-bond acceptors (Lipinski definition) is 5. The van der Waals surface area contributed by atoms with Gasteiger partial charge in [0.15, 0.2) is 0 Å². The highest BCUT2D eigenvalue weighted by molar-refractivity contribution is 7.22. The van der Waals surface area contributed by atoms with Gasteiger partial charge in [-0.2, -0.15) is 0 Å². The molecule has 4 aromatic rings. The van der Waals surface area contributed by atoms with Crippen LogP contribution in [0.25, 0.3) is 20.7 Å². The quantitative estimate of drug-likeness (QED) is 0.515. The summed E-state index contributed by atoms with van der Waals surface area (Å²) < 4.78 is 1.75. The van der Waals surface area contributed by atoms with E-state index in [9.17, 15) is 14.4 Å². The van der Waals surface area contributed by atoms with Crippen LogP contribution in [0.15, 0.2) is 65.7 Å². The van der Waals surface area contributed by atoms with Crippen molar-refractivity contribution in [3.8, 4) is 10.4 Å². The Bertz CT molecular complexity index is 1390. The van der Waals surface area contributed by atoms with Gasteiger partial charge < -0.3 is 5.32 Å². The first-order valence-corrected chi connectivity index (χ1v) is 10.6. The van der Waals surface area contributed by atoms with Crippen LogP contribution in [0.4, 0.5) is 11.4 Å². The molecule has 2 amide bonds. The lowest BCUT2D eigenvalue weighted by molar-refractivity contribution is -0.122. The number of aromatic nitrogens is 2. The molecule has 0 bridgehead atoms. The fourth-order valence-corrected chi connectivity index (χ4v) is 4.69. The largest absolute Gasteiger partial charge is 0.323 e. The Balaban J connectivity index is 1.46. The first-order chi connectivity index (χ1) is 15.0. The van der Waals surface area contributed by atoms with Crippen molar-refractivity contribution in [2.75, 3.05) is 16.8 Å². The molecule has 2 aromatic heterocycles. The predicted molar refractivity (Wildman–Crippen MR) is 122 cm³/mol. The van der Waals surface area contributed by atoms with Gasteiger partial charge in [0.05, 0.1) is 23.2 Å². The van der Waals surface area contributed by atoms with Gasteiger partial charge in [-0.1, -0.05) is 35.9 Å². The second-order valence-electron chi connectivity index (χ2n) is 7.05. The molecular formula is C22H15ClN4O3S. The van der Waals surface area contributed by atoms with Crippen molar-refractivity contribution in [2.45, 2.75) is 6.54 Å². The summed E-state index contributed by atoms with van der Waals surface area (Å²) in [5, 5.41) is 3.38. The van der Waals surface area contributed by atoms with Gasteiger partial charge in [-0.15, -0.1) is 11.3 Å². The van der Waals surface area contributed by atoms with Gasteiger partial charge in [-0.05, 0) is 35.9 Å². The van der Waals surface area contributed by atoms with Crippen LogP contribution in [-0.4, -0.2) is 27.9 Å². The van der Waals surface area contributed by atoms with Gasteiger partial charge >= 0.3 is 0 Å². The number of benzene rings is 2. The minimum Gasteiger partial charge on any atom is -0.323 e. The fourth-order valence-electron chi connectivity index (χ4n) is 3.50. The van der Waals surface area contributed by atoms with Crippen LogP contribution < -0.4 is 15.8 Å². The van der Waals surface area contributed by atoms with Crippen molar-refractivity contribution < 1.29 is 9.59 Å². The smallest absolute Gasteiger partial charge is 0.271 e. The molecule has 7 nitrogen and oxygen atoms in total. The maximum absolute atomic E-state index is 13.0. The molecule has 1 aliphatic rings. The second-order valence-corrected chi connectivity index (χ2v) is 8.54. The second kappa shape index (κ2) is 7.64. The summed E-state index contributed by atoms with van der Waals surface area (Å²) in [6.07, 6.45) is 1.37. The average Bonchev–Trinajstić information content (AvgIpc) is 3.20. The fraction of sp³-hybridized carbons (Fsp3) is 0.0909. The Morgan fingerprint density at radius 2 is 1.90 bits per heavy atom. The third-order valence-electron chi connectivity index (χ3n) is 5.01. The van der Waals surface area contributed by atoms with Gasteiger partial charge in [0.1, 0.15) is 17.8 Å². The normalized spacial score (nSPS) is 13.2. The number of para-hydroxylation sites is 2. The van der Waals surface area contributed by atoms with Crippen LogP contribution in [0.2, 0.25) is 5.02 Å². The third-order valence-corrected chi connectivity index (χ3v) is 6.42. The van der Waals surface area contributed by atoms with Gasteiger partial charge in [0.2, 0.25) is 11.8 Å². The summed E-state index contributed by atoms with van der Waals surface area (Å²) in [4.78, 5) is 44.6. The number of rotatable bonds is 3. The number of amides is 2. The SMILES string of the molecule is O=C1CN(C(=O)Cn2cnc3cc(-c4ccc(Cl)cc4)sc3c2=O)c2ccccc2N1. The van der Waals surface area contributed by atoms with Crippen LogP contribution in [0, 0.1) is 0 Å². The number of nitrogens with one attached hydrogen (secondary N) is 1. The van der Waals surface area contributed by atoms with Crippen LogP contribution in [-0.2, 0) is 16.1 Å². The number of hydrogen-bond donors (Lipinski definition) is 1. The Morgan fingerprint density at radius 1 is 1.13 bits per heavy atom. The van der Waals surface area contributed by atoms with E-state index in [1.165, 1.54) is 27.1 Å². The van der Waals surface area contributed by atoms with Gasteiger partial charge in [0.25, 0.3) is 5.56 Å². The zero-order valence-electron chi connectivity index (χ0n) is 16.0. The number of carbonyl (C=O) groups excluding carboxylic acids is 2. The molecule has 9 heteroatoms. The minimum absolute atomic E-state index is 0.0972. The van der Waals surface area contributed by atoms with Crippen molar-refractivity contribution in [2.24, 2.45) is 0 Å². The molecule has 0 saturated carbocycles. The van der Waals surface area contributed by atoms with Gasteiger partial charge in [0, 0.05) is 9.90 Å². The summed E-state index contributed by atoms with van der Waals surface area (Å²) in [5.41, 5.74) is 2.39. The number of halogens is 1. The standard InChI is InChI=1S/C22H15ClN4O3S/c23-14-7-5-13(6-8-14)18-9-16-21(31-18)22(30)26(12-24-16)11-20(29)27-10-19(28)25-15-3-1-2-4-17(15)27/h1-9,12H,10-11H2,(H,25,28). The lowest BCUT2D eigenvalue weighted by Crippen LogP contribution is -2.44. The summed E-state index contributed by atoms with van der Waals surface area (Å²) >= 11 is 7.27. The van der Waals surface area contributed by atoms with E-state index in [1.54, 1.807) is 36.4 Å². The summed E-state index contributed by atoms with van der Waals surface area (Å²) in [6, 6.07) is 16.3. The van der Waals surface area contributed by atoms with Crippen LogP contribution >= 0.6 is 22.9 Å². The van der Waals surface area contributed by atoms with Crippen molar-refractivity contribution in [3.05, 3.63) is 76.3 Å². The highest BCUT2D eigenvalue weighted by Crippen LogP contribution is 2.32. The molecule has 0 spiro atoms. The highest BCUT2D eigenvalue weighted by Gasteiger charge is 2.27. The van der Waals surface area contributed by atoms with E-state index in [1.807, 2.05) is 18.2 Å². The molecule has 2 aromatic carbocycles. The molecular weight excluding hydrogens is 436 g/mol. The third kappa shape index (κ3) is 3.60. The zero-order chi connectivity index (χ0) is 21.5. The minimum atomic E-state index is -0.361. The Morgan fingerprint density at radius 3 is 2.71 bits per heavy atom. The Hall–Kier alpha value is -3.49. The van der Waals surface area contributed by atoms with Crippen molar-refractivity contribution in [1.29, 1.82) is 0 Å². The van der Waals surface area contributed by atoms with E-state index < -0.39 is 0 Å². The number of carbonyl (C=O) groups is 2.